The first-order valence-electron chi connectivity index (χ1n) is 7.55. The van der Waals surface area contributed by atoms with Gasteiger partial charge in [0.15, 0.2) is 0 Å². The van der Waals surface area contributed by atoms with E-state index in [2.05, 4.69) is 67.2 Å². The second-order valence-corrected chi connectivity index (χ2v) is 14.6. The van der Waals surface area contributed by atoms with Gasteiger partial charge in [-0.15, -0.1) is 0 Å². The van der Waals surface area contributed by atoms with Gasteiger partial charge in [0.2, 0.25) is 0 Å². The van der Waals surface area contributed by atoms with E-state index in [0.717, 1.165) is 37.3 Å². The molecular weight excluding hydrogens is 578 g/mol. The van der Waals surface area contributed by atoms with Crippen LogP contribution in [0.4, 0.5) is 0 Å². The van der Waals surface area contributed by atoms with Crippen LogP contribution in [-0.4, -0.2) is 87.7 Å². The molecule has 4 atom stereocenters. The molecule has 20 heavy (non-hydrogen) atoms. The summed E-state index contributed by atoms with van der Waals surface area (Å²) in [6.07, 6.45) is 7.29. The van der Waals surface area contributed by atoms with Gasteiger partial charge in [0.1, 0.15) is 0 Å². The van der Waals surface area contributed by atoms with Gasteiger partial charge in [0.25, 0.3) is 0 Å². The molecule has 0 spiro atoms. The first kappa shape index (κ1) is 17.4. The summed E-state index contributed by atoms with van der Waals surface area (Å²) < 4.78 is 3.64. The molecule has 3 rings (SSSR count). The minimum absolute atomic E-state index is 0.956. The van der Waals surface area contributed by atoms with Crippen molar-refractivity contribution in [1.29, 1.82) is 0 Å². The van der Waals surface area contributed by atoms with Crippen LogP contribution in [0.1, 0.15) is 32.1 Å². The van der Waals surface area contributed by atoms with Crippen LogP contribution in [0, 0.1) is 11.8 Å². The van der Waals surface area contributed by atoms with Crippen molar-refractivity contribution in [1.82, 2.24) is 0 Å². The van der Waals surface area contributed by atoms with Gasteiger partial charge < -0.3 is 0 Å². The quantitative estimate of drug-likeness (QED) is 0.311. The fourth-order valence-corrected chi connectivity index (χ4v) is 9.93. The van der Waals surface area contributed by atoms with Crippen molar-refractivity contribution in [2.45, 2.75) is 53.2 Å². The van der Waals surface area contributed by atoms with E-state index >= 15 is 0 Å². The van der Waals surface area contributed by atoms with Gasteiger partial charge in [-0.1, -0.05) is 0 Å². The third kappa shape index (κ3) is 6.21. The van der Waals surface area contributed by atoms with Crippen LogP contribution in [0.25, 0.3) is 0 Å². The van der Waals surface area contributed by atoms with E-state index in [9.17, 15) is 0 Å². The molecule has 112 valence electrons. The summed E-state index contributed by atoms with van der Waals surface area (Å²) in [5, 5.41) is 5.13. The van der Waals surface area contributed by atoms with E-state index in [1.165, 1.54) is 43.6 Å². The number of hydrogen-bond donors (Lipinski definition) is 0. The molecule has 3 heterocycles. The second-order valence-electron chi connectivity index (χ2n) is 6.19. The van der Waals surface area contributed by atoms with Crippen LogP contribution < -0.4 is 0 Å². The molecule has 0 bridgehead atoms. The molecule has 3 aliphatic heterocycles. The molecule has 0 saturated carbocycles. The maximum atomic E-state index is 2.36. The van der Waals surface area contributed by atoms with Crippen molar-refractivity contribution in [2.24, 2.45) is 11.8 Å². The fraction of sp³-hybridized carbons (Fsp3) is 0.867. The Labute approximate surface area is 164 Å². The van der Waals surface area contributed by atoms with E-state index in [1.54, 1.807) is 10.6 Å². The summed E-state index contributed by atoms with van der Waals surface area (Å²) in [6.45, 7) is 0. The first-order valence-corrected chi connectivity index (χ1v) is 14.4. The average Bonchev–Trinajstić information content (AvgIpc) is 3.28. The Morgan fingerprint density at radius 1 is 0.900 bits per heavy atom. The van der Waals surface area contributed by atoms with E-state index < -0.39 is 0 Å². The van der Waals surface area contributed by atoms with Crippen molar-refractivity contribution in [3.63, 3.8) is 0 Å². The summed E-state index contributed by atoms with van der Waals surface area (Å²) in [5.41, 5.74) is 0. The van der Waals surface area contributed by atoms with Gasteiger partial charge in [-0.25, -0.2) is 0 Å². The van der Waals surface area contributed by atoms with Gasteiger partial charge >= 0.3 is 166 Å². The second kappa shape index (κ2) is 8.58. The van der Waals surface area contributed by atoms with Crippen LogP contribution in [0.3, 0.4) is 0 Å². The van der Waals surface area contributed by atoms with E-state index in [1.807, 2.05) is 7.10 Å². The number of rotatable bonds is 8. The zero-order valence-corrected chi connectivity index (χ0v) is 19.7. The van der Waals surface area contributed by atoms with Crippen LogP contribution in [-0.2, 0) is 0 Å². The molecule has 3 aliphatic rings. The molecule has 0 N–H and O–H groups in total. The third-order valence-electron chi connectivity index (χ3n) is 4.33. The molecule has 3 saturated heterocycles. The first-order chi connectivity index (χ1) is 9.70. The molecule has 0 radical (unpaired) electrons. The summed E-state index contributed by atoms with van der Waals surface area (Å²) in [6, 6.07) is 0. The van der Waals surface area contributed by atoms with Crippen molar-refractivity contribution in [3.05, 3.63) is 0 Å². The molecule has 0 nitrogen and oxygen atoms in total. The van der Waals surface area contributed by atoms with Crippen LogP contribution in [0.5, 0.6) is 0 Å². The fourth-order valence-electron chi connectivity index (χ4n) is 2.97. The number of hydrogen-bond acceptors (Lipinski definition) is 2. The van der Waals surface area contributed by atoms with Crippen LogP contribution in [0.2, 0.25) is 10.6 Å². The summed E-state index contributed by atoms with van der Waals surface area (Å²) in [4.78, 5) is 0. The standard InChI is InChI=1S/C15H22S2SeTe2/c19-14(5-12-7-16-12)3-10-1-2-18-9-11(10)4-15(20)6-13-8-17-13/h10-13H,1-9H2. The monoisotopic (exact) mass is 606 g/mol. The Kier molecular flexibility index (Phi) is 7.45. The van der Waals surface area contributed by atoms with Crippen molar-refractivity contribution >= 4 is 89.2 Å². The van der Waals surface area contributed by atoms with Crippen molar-refractivity contribution in [3.8, 4) is 0 Å². The Morgan fingerprint density at radius 3 is 2.00 bits per heavy atom. The summed E-state index contributed by atoms with van der Waals surface area (Å²) in [7, 11) is 0. The molecule has 4 unspecified atom stereocenters. The molecule has 0 aromatic heterocycles. The Morgan fingerprint density at radius 2 is 1.45 bits per heavy atom. The van der Waals surface area contributed by atoms with E-state index in [4.69, 9.17) is 0 Å². The molecule has 3 fully saturated rings. The van der Waals surface area contributed by atoms with Gasteiger partial charge in [-0.05, 0) is 0 Å². The number of thioether (sulfide) groups is 2. The topological polar surface area (TPSA) is 0 Å². The zero-order valence-electron chi connectivity index (χ0n) is 11.7. The van der Waals surface area contributed by atoms with Gasteiger partial charge in [-0.3, -0.25) is 0 Å². The maximum absolute atomic E-state index is 2.36. The van der Waals surface area contributed by atoms with Crippen molar-refractivity contribution in [2.75, 3.05) is 11.5 Å². The van der Waals surface area contributed by atoms with Gasteiger partial charge in [-0.2, -0.15) is 0 Å². The Balaban J connectivity index is 1.46. The molecule has 0 aromatic carbocycles. The van der Waals surface area contributed by atoms with Gasteiger partial charge in [0, 0.05) is 0 Å². The SMILES string of the molecule is [Te]=C(CC1CS1)CC1CC[Se]CC1CC(=[Te])CC1CS1. The van der Waals surface area contributed by atoms with Crippen LogP contribution in [0.15, 0.2) is 0 Å². The predicted molar refractivity (Wildman–Crippen MR) is 99.4 cm³/mol. The third-order valence-corrected chi connectivity index (χ3v) is 10.7. The predicted octanol–water partition coefficient (Wildman–Crippen LogP) is 2.64. The summed E-state index contributed by atoms with van der Waals surface area (Å²) in [5.74, 6) is 4.94. The molecule has 5 heteroatoms. The molecule has 0 aliphatic carbocycles. The minimum atomic E-state index is 0.956. The normalized spacial score (nSPS) is 35.6. The Bertz CT molecular complexity index is 344. The molecule has 0 aromatic rings. The average molecular weight is 601 g/mol. The van der Waals surface area contributed by atoms with E-state index in [-0.39, 0.29) is 0 Å². The molecular formula is C15H22S2SeTe2. The Hall–Kier alpha value is 2.54. The molecule has 0 amide bonds. The van der Waals surface area contributed by atoms with E-state index in [0.29, 0.717) is 0 Å². The summed E-state index contributed by atoms with van der Waals surface area (Å²) >= 11 is 10.0. The van der Waals surface area contributed by atoms with Gasteiger partial charge in [0.05, 0.1) is 0 Å². The van der Waals surface area contributed by atoms with Crippen molar-refractivity contribution < 1.29 is 0 Å². The zero-order chi connectivity index (χ0) is 13.9. The van der Waals surface area contributed by atoms with Crippen LogP contribution >= 0.6 is 23.5 Å².